The Morgan fingerprint density at radius 2 is 1.92 bits per heavy atom. The molecule has 0 saturated carbocycles. The molecule has 4 N–H and O–H groups in total. The SMILES string of the molecule is O=C(NC(Cc1ccccc1)C(=O)NCB(O)O)c1cnccn1. The Bertz CT molecular complexity index is 670. The number of benzene rings is 1. The number of hydrogen-bond donors (Lipinski definition) is 4. The van der Waals surface area contributed by atoms with Gasteiger partial charge in [0.05, 0.1) is 12.6 Å². The minimum atomic E-state index is -1.66. The molecule has 0 aliphatic carbocycles. The van der Waals surface area contributed by atoms with E-state index in [1.807, 2.05) is 30.3 Å². The zero-order valence-electron chi connectivity index (χ0n) is 12.8. The second-order valence-corrected chi connectivity index (χ2v) is 5.03. The fraction of sp³-hybridized carbons (Fsp3) is 0.200. The molecule has 0 spiro atoms. The van der Waals surface area contributed by atoms with Crippen LogP contribution in [-0.2, 0) is 11.2 Å². The van der Waals surface area contributed by atoms with Crippen LogP contribution in [0.3, 0.4) is 0 Å². The third-order valence-corrected chi connectivity index (χ3v) is 3.16. The molecule has 1 atom stereocenters. The number of rotatable bonds is 7. The summed E-state index contributed by atoms with van der Waals surface area (Å²) in [6.07, 6.45) is 4.03. The number of aromatic nitrogens is 2. The highest BCUT2D eigenvalue weighted by atomic mass is 16.4. The van der Waals surface area contributed by atoms with Crippen molar-refractivity contribution in [2.24, 2.45) is 0 Å². The topological polar surface area (TPSA) is 124 Å². The second kappa shape index (κ2) is 8.75. The summed E-state index contributed by atoms with van der Waals surface area (Å²) in [6.45, 7) is 0. The smallest absolute Gasteiger partial charge is 0.426 e. The molecule has 0 aliphatic heterocycles. The van der Waals surface area contributed by atoms with E-state index in [1.54, 1.807) is 0 Å². The van der Waals surface area contributed by atoms with Crippen LogP contribution in [-0.4, -0.2) is 51.4 Å². The summed E-state index contributed by atoms with van der Waals surface area (Å²) in [7, 11) is -1.66. The van der Waals surface area contributed by atoms with E-state index < -0.39 is 25.0 Å². The highest BCUT2D eigenvalue weighted by Crippen LogP contribution is 2.04. The van der Waals surface area contributed by atoms with Gasteiger partial charge in [-0.2, -0.15) is 0 Å². The fourth-order valence-electron chi connectivity index (χ4n) is 2.02. The largest absolute Gasteiger partial charge is 0.472 e. The monoisotopic (exact) mass is 328 g/mol. The Kier molecular flexibility index (Phi) is 6.41. The van der Waals surface area contributed by atoms with Gasteiger partial charge in [0.25, 0.3) is 5.91 Å². The number of hydrogen-bond acceptors (Lipinski definition) is 6. The van der Waals surface area contributed by atoms with E-state index in [0.717, 1.165) is 5.56 Å². The lowest BCUT2D eigenvalue weighted by atomic mass is 9.92. The van der Waals surface area contributed by atoms with Crippen LogP contribution in [0.4, 0.5) is 0 Å². The number of nitrogens with zero attached hydrogens (tertiary/aromatic N) is 2. The normalized spacial score (nSPS) is 11.4. The number of carbonyl (C=O) groups is 2. The first-order valence-corrected chi connectivity index (χ1v) is 7.31. The van der Waals surface area contributed by atoms with Crippen molar-refractivity contribution in [2.45, 2.75) is 12.5 Å². The molecule has 2 amide bonds. The van der Waals surface area contributed by atoms with Crippen LogP contribution in [0.1, 0.15) is 16.1 Å². The summed E-state index contributed by atoms with van der Waals surface area (Å²) >= 11 is 0. The average Bonchev–Trinajstić information content (AvgIpc) is 2.60. The molecule has 0 fully saturated rings. The number of carbonyl (C=O) groups excluding carboxylic acids is 2. The molecule has 1 aromatic carbocycles. The van der Waals surface area contributed by atoms with Crippen molar-refractivity contribution in [3.8, 4) is 0 Å². The van der Waals surface area contributed by atoms with E-state index in [2.05, 4.69) is 20.6 Å². The van der Waals surface area contributed by atoms with E-state index in [-0.39, 0.29) is 18.6 Å². The molecule has 0 saturated heterocycles. The van der Waals surface area contributed by atoms with Crippen LogP contribution in [0.5, 0.6) is 0 Å². The maximum atomic E-state index is 12.2. The van der Waals surface area contributed by atoms with Gasteiger partial charge in [0.2, 0.25) is 5.91 Å². The summed E-state index contributed by atoms with van der Waals surface area (Å²) in [4.78, 5) is 32.1. The molecular formula is C15H17BN4O4. The lowest BCUT2D eigenvalue weighted by molar-refractivity contribution is -0.122. The first-order chi connectivity index (χ1) is 11.6. The molecular weight excluding hydrogens is 311 g/mol. The standard InChI is InChI=1S/C15H17BN4O4/c21-14(19-10-16(23)24)12(8-11-4-2-1-3-5-11)20-15(22)13-9-17-6-7-18-13/h1-7,9,12,23-24H,8,10H2,(H,19,21)(H,20,22). The van der Waals surface area contributed by atoms with Gasteiger partial charge in [0.1, 0.15) is 11.7 Å². The predicted octanol–water partition coefficient (Wildman–Crippen LogP) is -1.05. The van der Waals surface area contributed by atoms with Crippen LogP contribution in [0.25, 0.3) is 0 Å². The van der Waals surface area contributed by atoms with Crippen LogP contribution < -0.4 is 10.6 Å². The van der Waals surface area contributed by atoms with Gasteiger partial charge in [-0.05, 0) is 5.56 Å². The van der Waals surface area contributed by atoms with E-state index in [4.69, 9.17) is 10.0 Å². The molecule has 2 aromatic rings. The van der Waals surface area contributed by atoms with Gasteiger partial charge < -0.3 is 20.7 Å². The fourth-order valence-corrected chi connectivity index (χ4v) is 2.02. The van der Waals surface area contributed by atoms with Crippen molar-refractivity contribution in [3.05, 3.63) is 60.2 Å². The Balaban J connectivity index is 2.09. The van der Waals surface area contributed by atoms with E-state index in [0.29, 0.717) is 0 Å². The molecule has 9 heteroatoms. The first-order valence-electron chi connectivity index (χ1n) is 7.31. The zero-order valence-corrected chi connectivity index (χ0v) is 12.8. The van der Waals surface area contributed by atoms with Gasteiger partial charge in [-0.25, -0.2) is 4.98 Å². The van der Waals surface area contributed by atoms with Crippen LogP contribution in [0.15, 0.2) is 48.9 Å². The van der Waals surface area contributed by atoms with Gasteiger partial charge in [0.15, 0.2) is 0 Å². The zero-order chi connectivity index (χ0) is 17.4. The summed E-state index contributed by atoms with van der Waals surface area (Å²) in [6, 6.07) is 8.27. The highest BCUT2D eigenvalue weighted by molar-refractivity contribution is 6.41. The highest BCUT2D eigenvalue weighted by Gasteiger charge is 2.23. The van der Waals surface area contributed by atoms with E-state index in [9.17, 15) is 9.59 Å². The Hall–Kier alpha value is -2.78. The van der Waals surface area contributed by atoms with Crippen molar-refractivity contribution in [3.63, 3.8) is 0 Å². The van der Waals surface area contributed by atoms with Crippen LogP contribution >= 0.6 is 0 Å². The first kappa shape index (κ1) is 17.6. The van der Waals surface area contributed by atoms with E-state index in [1.165, 1.54) is 18.6 Å². The molecule has 2 rings (SSSR count). The van der Waals surface area contributed by atoms with Gasteiger partial charge in [-0.3, -0.25) is 14.6 Å². The molecule has 8 nitrogen and oxygen atoms in total. The van der Waals surface area contributed by atoms with Gasteiger partial charge in [-0.1, -0.05) is 30.3 Å². The Morgan fingerprint density at radius 1 is 1.17 bits per heavy atom. The Labute approximate surface area is 139 Å². The third kappa shape index (κ3) is 5.45. The lowest BCUT2D eigenvalue weighted by Gasteiger charge is -2.18. The quantitative estimate of drug-likeness (QED) is 0.481. The summed E-state index contributed by atoms with van der Waals surface area (Å²) in [5.74, 6) is -1.06. The molecule has 0 bridgehead atoms. The van der Waals surface area contributed by atoms with Gasteiger partial charge >= 0.3 is 7.12 Å². The number of nitrogens with one attached hydrogen (secondary N) is 2. The summed E-state index contributed by atoms with van der Waals surface area (Å²) in [5, 5.41) is 22.7. The maximum absolute atomic E-state index is 12.2. The summed E-state index contributed by atoms with van der Waals surface area (Å²) in [5.41, 5.74) is 0.937. The maximum Gasteiger partial charge on any atom is 0.472 e. The molecule has 0 aliphatic rings. The molecule has 1 unspecified atom stereocenters. The van der Waals surface area contributed by atoms with Crippen molar-refractivity contribution in [2.75, 3.05) is 6.44 Å². The van der Waals surface area contributed by atoms with Crippen LogP contribution in [0.2, 0.25) is 0 Å². The van der Waals surface area contributed by atoms with Gasteiger partial charge in [0, 0.05) is 18.8 Å². The van der Waals surface area contributed by atoms with Gasteiger partial charge in [-0.15, -0.1) is 0 Å². The minimum Gasteiger partial charge on any atom is -0.426 e. The molecule has 0 radical (unpaired) electrons. The van der Waals surface area contributed by atoms with Crippen LogP contribution in [0, 0.1) is 0 Å². The predicted molar refractivity (Wildman–Crippen MR) is 86.6 cm³/mol. The second-order valence-electron chi connectivity index (χ2n) is 5.03. The van der Waals surface area contributed by atoms with E-state index >= 15 is 0 Å². The molecule has 1 heterocycles. The van der Waals surface area contributed by atoms with Crippen molar-refractivity contribution < 1.29 is 19.6 Å². The van der Waals surface area contributed by atoms with Crippen molar-refractivity contribution in [1.82, 2.24) is 20.6 Å². The lowest BCUT2D eigenvalue weighted by Crippen LogP contribution is -2.50. The molecule has 24 heavy (non-hydrogen) atoms. The number of amides is 2. The molecule has 124 valence electrons. The summed E-state index contributed by atoms with van der Waals surface area (Å²) < 4.78 is 0. The Morgan fingerprint density at radius 3 is 2.54 bits per heavy atom. The minimum absolute atomic E-state index is 0.0885. The average molecular weight is 328 g/mol. The molecule has 1 aromatic heterocycles. The van der Waals surface area contributed by atoms with Crippen molar-refractivity contribution >= 4 is 18.9 Å². The third-order valence-electron chi connectivity index (χ3n) is 3.16. The van der Waals surface area contributed by atoms with Crippen molar-refractivity contribution in [1.29, 1.82) is 0 Å².